The van der Waals surface area contributed by atoms with E-state index < -0.39 is 0 Å². The predicted octanol–water partition coefficient (Wildman–Crippen LogP) is 2.84. The van der Waals surface area contributed by atoms with Gasteiger partial charge in [0.2, 0.25) is 0 Å². The van der Waals surface area contributed by atoms with Gasteiger partial charge in [0.15, 0.2) is 5.76 Å². The van der Waals surface area contributed by atoms with Crippen molar-refractivity contribution < 1.29 is 9.21 Å². The number of anilines is 1. The van der Waals surface area contributed by atoms with Crippen LogP contribution in [0.3, 0.4) is 0 Å². The molecule has 3 fully saturated rings. The highest BCUT2D eigenvalue weighted by Gasteiger charge is 2.35. The maximum atomic E-state index is 12.6. The average molecular weight is 339 g/mol. The Morgan fingerprint density at radius 2 is 2.00 bits per heavy atom. The van der Waals surface area contributed by atoms with Gasteiger partial charge >= 0.3 is 0 Å². The molecule has 5 rings (SSSR count). The number of nitrogens with zero attached hydrogens (tertiary/aromatic N) is 2. The van der Waals surface area contributed by atoms with Crippen LogP contribution in [0.4, 0.5) is 5.69 Å². The van der Waals surface area contributed by atoms with Crippen molar-refractivity contribution in [3.8, 4) is 11.3 Å². The maximum absolute atomic E-state index is 12.6. The molecule has 1 aromatic carbocycles. The molecule has 5 heteroatoms. The van der Waals surface area contributed by atoms with Gasteiger partial charge in [0, 0.05) is 37.9 Å². The molecular formula is C20H25N3O2. The summed E-state index contributed by atoms with van der Waals surface area (Å²) >= 11 is 0. The second-order valence-corrected chi connectivity index (χ2v) is 7.33. The summed E-state index contributed by atoms with van der Waals surface area (Å²) in [4.78, 5) is 17.1. The molecule has 3 aliphatic rings. The molecule has 0 radical (unpaired) electrons. The molecule has 3 aliphatic heterocycles. The largest absolute Gasteiger partial charge is 0.451 e. The van der Waals surface area contributed by atoms with Gasteiger partial charge in [-0.1, -0.05) is 12.1 Å². The number of furan rings is 1. The summed E-state index contributed by atoms with van der Waals surface area (Å²) < 4.78 is 5.84. The summed E-state index contributed by atoms with van der Waals surface area (Å²) in [5, 5.41) is 3.18. The topological polar surface area (TPSA) is 48.7 Å². The predicted molar refractivity (Wildman–Crippen MR) is 98.9 cm³/mol. The van der Waals surface area contributed by atoms with Crippen molar-refractivity contribution in [3.05, 3.63) is 42.2 Å². The summed E-state index contributed by atoms with van der Waals surface area (Å²) in [6.45, 7) is 3.31. The van der Waals surface area contributed by atoms with Crippen molar-refractivity contribution >= 4 is 11.6 Å². The summed E-state index contributed by atoms with van der Waals surface area (Å²) in [5.41, 5.74) is 2.08. The Morgan fingerprint density at radius 1 is 1.20 bits per heavy atom. The Hall–Kier alpha value is -2.27. The molecule has 0 saturated carbocycles. The van der Waals surface area contributed by atoms with Crippen LogP contribution in [-0.4, -0.2) is 50.6 Å². The van der Waals surface area contributed by atoms with E-state index in [0.717, 1.165) is 23.6 Å². The number of benzene rings is 1. The number of rotatable bonds is 4. The van der Waals surface area contributed by atoms with Gasteiger partial charge in [-0.05, 0) is 56.1 Å². The lowest BCUT2D eigenvalue weighted by Gasteiger charge is -2.44. The fourth-order valence-electron chi connectivity index (χ4n) is 3.92. The normalized spacial score (nSPS) is 25.0. The molecule has 1 amide bonds. The summed E-state index contributed by atoms with van der Waals surface area (Å²) in [7, 11) is 4.02. The smallest absolute Gasteiger partial charge is 0.287 e. The molecule has 132 valence electrons. The maximum Gasteiger partial charge on any atom is 0.287 e. The average Bonchev–Trinajstić information content (AvgIpc) is 3.13. The molecule has 5 nitrogen and oxygen atoms in total. The number of piperidine rings is 3. The molecule has 1 atom stereocenters. The van der Waals surface area contributed by atoms with E-state index in [1.54, 1.807) is 6.07 Å². The van der Waals surface area contributed by atoms with Crippen LogP contribution in [0.1, 0.15) is 23.4 Å². The number of nitrogens with one attached hydrogen (secondary N) is 1. The minimum absolute atomic E-state index is 0.103. The third-order valence-electron chi connectivity index (χ3n) is 5.45. The first-order valence-corrected chi connectivity index (χ1v) is 9.01. The SMILES string of the molecule is CN(C)c1cccc(-c2ccc(C(=O)N[C@H]3CN4CCC3CC4)o2)c1. The molecule has 1 N–H and O–H groups in total. The molecule has 1 aromatic heterocycles. The highest BCUT2D eigenvalue weighted by molar-refractivity contribution is 5.92. The minimum Gasteiger partial charge on any atom is -0.451 e. The molecule has 3 saturated heterocycles. The van der Waals surface area contributed by atoms with Crippen LogP contribution >= 0.6 is 0 Å². The van der Waals surface area contributed by atoms with Crippen molar-refractivity contribution in [2.75, 3.05) is 38.6 Å². The Balaban J connectivity index is 1.47. The second kappa shape index (κ2) is 6.56. The summed E-state index contributed by atoms with van der Waals surface area (Å²) in [5.74, 6) is 1.62. The van der Waals surface area contributed by atoms with Crippen LogP contribution in [0.25, 0.3) is 11.3 Å². The van der Waals surface area contributed by atoms with E-state index in [0.29, 0.717) is 11.7 Å². The van der Waals surface area contributed by atoms with Gasteiger partial charge in [-0.2, -0.15) is 0 Å². The van der Waals surface area contributed by atoms with Crippen molar-refractivity contribution in [1.29, 1.82) is 0 Å². The van der Waals surface area contributed by atoms with Crippen LogP contribution in [-0.2, 0) is 0 Å². The summed E-state index contributed by atoms with van der Waals surface area (Å²) in [6, 6.07) is 12.0. The number of hydrogen-bond acceptors (Lipinski definition) is 4. The Morgan fingerprint density at radius 3 is 2.68 bits per heavy atom. The van der Waals surface area contributed by atoms with E-state index in [4.69, 9.17) is 4.42 Å². The molecule has 0 unspecified atom stereocenters. The lowest BCUT2D eigenvalue weighted by atomic mass is 9.84. The van der Waals surface area contributed by atoms with E-state index in [9.17, 15) is 4.79 Å². The van der Waals surface area contributed by atoms with Gasteiger partial charge in [-0.25, -0.2) is 0 Å². The van der Waals surface area contributed by atoms with Gasteiger partial charge in [-0.15, -0.1) is 0 Å². The molecule has 4 heterocycles. The molecule has 25 heavy (non-hydrogen) atoms. The van der Waals surface area contributed by atoms with E-state index in [-0.39, 0.29) is 11.9 Å². The minimum atomic E-state index is -0.103. The highest BCUT2D eigenvalue weighted by atomic mass is 16.3. The number of carbonyl (C=O) groups is 1. The lowest BCUT2D eigenvalue weighted by Crippen LogP contribution is -2.57. The van der Waals surface area contributed by atoms with Crippen LogP contribution in [0.5, 0.6) is 0 Å². The fourth-order valence-corrected chi connectivity index (χ4v) is 3.92. The first-order chi connectivity index (χ1) is 12.1. The zero-order valence-corrected chi connectivity index (χ0v) is 14.9. The standard InChI is InChI=1S/C20H25N3O2/c1-22(2)16-5-3-4-15(12-16)18-6-7-19(25-18)20(24)21-17-13-23-10-8-14(17)9-11-23/h3-7,12,14,17H,8-11,13H2,1-2H3,(H,21,24)/t17-/m0/s1. The van der Waals surface area contributed by atoms with Crippen LogP contribution in [0, 0.1) is 5.92 Å². The van der Waals surface area contributed by atoms with Crippen LogP contribution < -0.4 is 10.2 Å². The molecular weight excluding hydrogens is 314 g/mol. The monoisotopic (exact) mass is 339 g/mol. The van der Waals surface area contributed by atoms with Crippen molar-refractivity contribution in [2.45, 2.75) is 18.9 Å². The number of amides is 1. The van der Waals surface area contributed by atoms with E-state index in [1.165, 1.54) is 25.9 Å². The third-order valence-corrected chi connectivity index (χ3v) is 5.45. The fraction of sp³-hybridized carbons (Fsp3) is 0.450. The lowest BCUT2D eigenvalue weighted by molar-refractivity contribution is 0.0606. The molecule has 2 bridgehead atoms. The highest BCUT2D eigenvalue weighted by Crippen LogP contribution is 2.29. The van der Waals surface area contributed by atoms with Gasteiger partial charge in [0.1, 0.15) is 5.76 Å². The van der Waals surface area contributed by atoms with Crippen molar-refractivity contribution in [3.63, 3.8) is 0 Å². The van der Waals surface area contributed by atoms with E-state index in [1.807, 2.05) is 43.3 Å². The molecule has 0 aliphatic carbocycles. The third kappa shape index (κ3) is 3.29. The second-order valence-electron chi connectivity index (χ2n) is 7.33. The Labute approximate surface area is 148 Å². The molecule has 2 aromatic rings. The Kier molecular flexibility index (Phi) is 4.25. The van der Waals surface area contributed by atoms with Crippen molar-refractivity contribution in [2.24, 2.45) is 5.92 Å². The number of carbonyl (C=O) groups excluding carboxylic acids is 1. The Bertz CT molecular complexity index is 760. The van der Waals surface area contributed by atoms with Crippen LogP contribution in [0.15, 0.2) is 40.8 Å². The zero-order chi connectivity index (χ0) is 17.4. The van der Waals surface area contributed by atoms with Gasteiger partial charge < -0.3 is 19.5 Å². The van der Waals surface area contributed by atoms with E-state index in [2.05, 4.69) is 16.3 Å². The van der Waals surface area contributed by atoms with Gasteiger partial charge in [0.05, 0.1) is 0 Å². The first kappa shape index (κ1) is 16.2. The quantitative estimate of drug-likeness (QED) is 0.931. The molecule has 0 spiro atoms. The summed E-state index contributed by atoms with van der Waals surface area (Å²) in [6.07, 6.45) is 2.37. The van der Waals surface area contributed by atoms with Crippen molar-refractivity contribution in [1.82, 2.24) is 10.2 Å². The zero-order valence-electron chi connectivity index (χ0n) is 14.9. The first-order valence-electron chi connectivity index (χ1n) is 9.01. The van der Waals surface area contributed by atoms with E-state index >= 15 is 0 Å². The van der Waals surface area contributed by atoms with Gasteiger partial charge in [0.25, 0.3) is 5.91 Å². The number of fused-ring (bicyclic) bond motifs is 3. The number of hydrogen-bond donors (Lipinski definition) is 1. The van der Waals surface area contributed by atoms with Gasteiger partial charge in [-0.3, -0.25) is 4.79 Å². The van der Waals surface area contributed by atoms with Crippen LogP contribution in [0.2, 0.25) is 0 Å².